The molecule has 0 unspecified atom stereocenters. The van der Waals surface area contributed by atoms with Crippen LogP contribution in [0.4, 0.5) is 25.1 Å². The van der Waals surface area contributed by atoms with Crippen LogP contribution in [0.5, 0.6) is 11.5 Å². The maximum Gasteiger partial charge on any atom is 0.329 e. The molecule has 0 atom stereocenters. The summed E-state index contributed by atoms with van der Waals surface area (Å²) < 4.78 is 38.8. The molecule has 3 amide bonds. The highest BCUT2D eigenvalue weighted by atomic mass is 32.2. The molecule has 2 aromatic heterocycles. The molecule has 9 rings (SSSR count). The molecule has 2 saturated carbocycles. The molecule has 5 aromatic rings. The molecule has 0 bridgehead atoms. The number of anilines is 2. The highest BCUT2D eigenvalue weighted by Gasteiger charge is 2.47. The first-order valence-corrected chi connectivity index (χ1v) is 21.4. The van der Waals surface area contributed by atoms with E-state index in [0.717, 1.165) is 28.3 Å². The number of ether oxygens (including phenoxy) is 1. The molecular formula is C44H49F2N9O3S. The largest absolute Gasteiger partial charge is 0.453 e. The third kappa shape index (κ3) is 8.70. The van der Waals surface area contributed by atoms with Gasteiger partial charge in [0.2, 0.25) is 5.91 Å². The number of urea groups is 1. The average Bonchev–Trinajstić information content (AvgIpc) is 3.54. The number of fused-ring (bicyclic) bond motifs is 2. The lowest BCUT2D eigenvalue weighted by Gasteiger charge is -2.53. The van der Waals surface area contributed by atoms with E-state index in [9.17, 15) is 23.6 Å². The molecule has 3 aromatic carbocycles. The second-order valence-electron chi connectivity index (χ2n) is 16.5. The highest BCUT2D eigenvalue weighted by molar-refractivity contribution is 8.01. The van der Waals surface area contributed by atoms with Gasteiger partial charge in [0.05, 0.1) is 27.9 Å². The summed E-state index contributed by atoms with van der Waals surface area (Å²) in [7, 11) is 1.72. The number of nitrogens with zero attached hydrogens (tertiary/aromatic N) is 7. The fourth-order valence-electron chi connectivity index (χ4n) is 9.02. The molecule has 2 saturated heterocycles. The third-order valence-electron chi connectivity index (χ3n) is 12.2. The predicted molar refractivity (Wildman–Crippen MR) is 225 cm³/mol. The van der Waals surface area contributed by atoms with E-state index in [0.29, 0.717) is 39.2 Å². The number of imide groups is 1. The molecule has 12 nitrogen and oxygen atoms in total. The number of hydrogen-bond acceptors (Lipinski definition) is 10. The minimum absolute atomic E-state index is 0.0826. The van der Waals surface area contributed by atoms with Crippen molar-refractivity contribution in [3.8, 4) is 17.6 Å². The first kappa shape index (κ1) is 40.4. The molecule has 4 aliphatic rings. The lowest BCUT2D eigenvalue weighted by Crippen LogP contribution is -2.49. The number of piperidine rings is 1. The second kappa shape index (κ2) is 17.1. The molecule has 15 heteroatoms. The van der Waals surface area contributed by atoms with E-state index in [1.807, 2.05) is 26.1 Å². The van der Waals surface area contributed by atoms with Gasteiger partial charge in [0, 0.05) is 54.9 Å². The van der Waals surface area contributed by atoms with Crippen molar-refractivity contribution in [1.29, 1.82) is 5.26 Å². The van der Waals surface area contributed by atoms with Crippen molar-refractivity contribution >= 4 is 57.3 Å². The van der Waals surface area contributed by atoms with Gasteiger partial charge in [-0.1, -0.05) is 33.1 Å². The summed E-state index contributed by atoms with van der Waals surface area (Å²) in [5, 5.41) is 17.1. The number of amides is 3. The summed E-state index contributed by atoms with van der Waals surface area (Å²) in [4.78, 5) is 36.7. The molecule has 4 fully saturated rings. The van der Waals surface area contributed by atoms with Crippen LogP contribution < -0.4 is 19.7 Å². The van der Waals surface area contributed by atoms with Gasteiger partial charge in [-0.05, 0) is 111 Å². The molecule has 4 heterocycles. The highest BCUT2D eigenvalue weighted by Crippen LogP contribution is 2.56. The van der Waals surface area contributed by atoms with Gasteiger partial charge in [0.25, 0.3) is 0 Å². The quantitative estimate of drug-likeness (QED) is 0.146. The zero-order valence-electron chi connectivity index (χ0n) is 33.6. The van der Waals surface area contributed by atoms with Gasteiger partial charge < -0.3 is 14.4 Å². The molecule has 1 spiro atoms. The maximum absolute atomic E-state index is 14.8. The van der Waals surface area contributed by atoms with Gasteiger partial charge in [0.15, 0.2) is 17.4 Å². The number of hydrogen-bond donors (Lipinski definition) is 2. The van der Waals surface area contributed by atoms with Crippen LogP contribution >= 0.6 is 11.9 Å². The van der Waals surface area contributed by atoms with Crippen molar-refractivity contribution < 1.29 is 23.1 Å². The third-order valence-corrected chi connectivity index (χ3v) is 13.0. The van der Waals surface area contributed by atoms with Gasteiger partial charge in [-0.25, -0.2) is 18.6 Å². The summed E-state index contributed by atoms with van der Waals surface area (Å²) in [6.45, 7) is 6.82. The number of halogens is 2. The topological polar surface area (TPSA) is 141 Å². The molecule has 308 valence electrons. The monoisotopic (exact) mass is 821 g/mol. The number of carbonyl (C=O) groups excluding carboxylic acids is 2. The number of nitriles is 1. The minimum atomic E-state index is -0.578. The van der Waals surface area contributed by atoms with Crippen LogP contribution in [0.25, 0.3) is 21.9 Å². The fraction of sp³-hybridized carbons (Fsp3) is 0.455. The Hall–Kier alpha value is -5.33. The number of aromatic nitrogens is 4. The van der Waals surface area contributed by atoms with Crippen LogP contribution in [0.2, 0.25) is 0 Å². The standard InChI is InChI=1S/C32H38FN5OS.C12H11FN4O2/c1-21(2)40-37-27-11-9-26(33)31(25(27)19-34)39-24-8-10-28-29(16-24)36-30(20-35-28)22-17-32(18-22)12-14-38(15-13-32)23-6-4-3-5-7-23;1-16-9-3-2-7(13)6-8(9)11(15-16)17-5-4-10(18)14-12(17)19/h8-11,16,20-23,37H,3-7,12-15,17-18H2,1-2H3;2-3,6H,4-5H2,1H3,(H,14,18,19). The van der Waals surface area contributed by atoms with Crippen molar-refractivity contribution in [1.82, 2.24) is 30.0 Å². The van der Waals surface area contributed by atoms with Gasteiger partial charge in [-0.3, -0.25) is 24.7 Å². The van der Waals surface area contributed by atoms with Gasteiger partial charge in [-0.15, -0.1) is 0 Å². The van der Waals surface area contributed by atoms with Gasteiger partial charge in [0.1, 0.15) is 23.2 Å². The Morgan fingerprint density at radius 3 is 2.51 bits per heavy atom. The maximum atomic E-state index is 14.8. The zero-order valence-corrected chi connectivity index (χ0v) is 34.5. The average molecular weight is 822 g/mol. The van der Waals surface area contributed by atoms with E-state index in [1.165, 1.54) is 106 Å². The smallest absolute Gasteiger partial charge is 0.329 e. The van der Waals surface area contributed by atoms with Crippen molar-refractivity contribution in [2.75, 3.05) is 29.3 Å². The first-order valence-electron chi connectivity index (χ1n) is 20.6. The van der Waals surface area contributed by atoms with E-state index in [2.05, 4.69) is 31.1 Å². The van der Waals surface area contributed by atoms with Crippen molar-refractivity contribution in [2.24, 2.45) is 12.5 Å². The van der Waals surface area contributed by atoms with Crippen LogP contribution in [-0.2, 0) is 11.8 Å². The van der Waals surface area contributed by atoms with E-state index in [-0.39, 0.29) is 30.2 Å². The summed E-state index contributed by atoms with van der Waals surface area (Å²) in [6, 6.07) is 15.0. The molecule has 2 aliphatic carbocycles. The summed E-state index contributed by atoms with van der Waals surface area (Å²) in [5.74, 6) is -0.133. The van der Waals surface area contributed by atoms with Crippen LogP contribution in [0.15, 0.2) is 54.7 Å². The molecule has 2 aliphatic heterocycles. The van der Waals surface area contributed by atoms with Crippen LogP contribution in [0, 0.1) is 28.4 Å². The van der Waals surface area contributed by atoms with E-state index in [1.54, 1.807) is 36.0 Å². The Kier molecular flexibility index (Phi) is 11.7. The predicted octanol–water partition coefficient (Wildman–Crippen LogP) is 9.35. The van der Waals surface area contributed by atoms with Crippen molar-refractivity contribution in [2.45, 2.75) is 95.3 Å². The fourth-order valence-corrected chi connectivity index (χ4v) is 9.55. The number of aryl methyl sites for hydroxylation is 1. The Morgan fingerprint density at radius 2 is 1.78 bits per heavy atom. The number of nitrogens with one attached hydrogen (secondary N) is 2. The summed E-state index contributed by atoms with van der Waals surface area (Å²) in [6.07, 6.45) is 14.1. The lowest BCUT2D eigenvalue weighted by atomic mass is 9.56. The van der Waals surface area contributed by atoms with Crippen LogP contribution in [0.3, 0.4) is 0 Å². The second-order valence-corrected chi connectivity index (χ2v) is 17.9. The van der Waals surface area contributed by atoms with Crippen molar-refractivity contribution in [3.63, 3.8) is 0 Å². The first-order chi connectivity index (χ1) is 28.5. The summed E-state index contributed by atoms with van der Waals surface area (Å²) >= 11 is 1.46. The molecule has 59 heavy (non-hydrogen) atoms. The van der Waals surface area contributed by atoms with Crippen LogP contribution in [0.1, 0.15) is 95.2 Å². The molecule has 2 N–H and O–H groups in total. The molecular weight excluding hydrogens is 773 g/mol. The van der Waals surface area contributed by atoms with Gasteiger partial charge >= 0.3 is 6.03 Å². The zero-order chi connectivity index (χ0) is 41.3. The molecule has 0 radical (unpaired) electrons. The lowest BCUT2D eigenvalue weighted by molar-refractivity contribution is -0.120. The number of rotatable bonds is 8. The van der Waals surface area contributed by atoms with E-state index in [4.69, 9.17) is 9.72 Å². The Bertz CT molecular complexity index is 2410. The number of benzene rings is 3. The summed E-state index contributed by atoms with van der Waals surface area (Å²) in [5.41, 5.74) is 4.40. The van der Waals surface area contributed by atoms with Crippen LogP contribution in [-0.4, -0.2) is 67.5 Å². The normalized spacial score (nSPS) is 18.7. The van der Waals surface area contributed by atoms with Crippen molar-refractivity contribution in [3.05, 3.63) is 77.6 Å². The Morgan fingerprint density at radius 1 is 1.00 bits per heavy atom. The number of likely N-dealkylation sites (tertiary alicyclic amines) is 1. The Labute approximate surface area is 346 Å². The number of carbonyl (C=O) groups is 2. The SMILES string of the molecule is CC(C)SNc1ccc(F)c(Oc2ccc3ncc(C4CC5(CCN(C6CCCCC6)CC5)C4)nc3c2)c1C#N.Cn1nc(N2CCC(=O)NC2=O)c2cc(F)ccc21. The van der Waals surface area contributed by atoms with Gasteiger partial charge in [-0.2, -0.15) is 10.4 Å². The minimum Gasteiger partial charge on any atom is -0.453 e. The van der Waals surface area contributed by atoms with E-state index < -0.39 is 17.7 Å². The van der Waals surface area contributed by atoms with E-state index >= 15 is 0 Å². The Balaban J connectivity index is 0.000000212.